The summed E-state index contributed by atoms with van der Waals surface area (Å²) in [6.45, 7) is 18.5. The zero-order valence-corrected chi connectivity index (χ0v) is 25.6. The maximum Gasteiger partial charge on any atom is 0.298 e. The Bertz CT molecular complexity index is 347. The molecular weight excluding hydrogens is 425 g/mol. The van der Waals surface area contributed by atoms with E-state index < -0.39 is 35.2 Å². The van der Waals surface area contributed by atoms with Crippen LogP contribution in [0.4, 0.5) is 0 Å². The Morgan fingerprint density at radius 1 is 0.517 bits per heavy atom. The van der Waals surface area contributed by atoms with E-state index in [9.17, 15) is 0 Å². The van der Waals surface area contributed by atoms with E-state index in [4.69, 9.17) is 12.3 Å². The molecule has 3 nitrogen and oxygen atoms in total. The lowest BCUT2D eigenvalue weighted by Gasteiger charge is -2.31. The Hall–Kier alpha value is 0.748. The number of rotatable bonds is 20. The lowest BCUT2D eigenvalue weighted by molar-refractivity contribution is 0.370. The van der Waals surface area contributed by atoms with Crippen LogP contribution in [0.3, 0.4) is 0 Å². The highest BCUT2D eigenvalue weighted by molar-refractivity contribution is 6.80. The number of hydrogen-bond donors (Lipinski definition) is 0. The van der Waals surface area contributed by atoms with Crippen LogP contribution >= 0.6 is 0 Å². The molecule has 0 spiro atoms. The molecule has 0 aliphatic heterocycles. The van der Waals surface area contributed by atoms with Crippen LogP contribution in [-0.4, -0.2) is 35.2 Å². The molecule has 0 aliphatic rings. The molecule has 0 fully saturated rings. The van der Waals surface area contributed by atoms with Gasteiger partial charge < -0.3 is 12.3 Å². The Morgan fingerprint density at radius 3 is 1.17 bits per heavy atom. The van der Waals surface area contributed by atoms with Gasteiger partial charge in [0.2, 0.25) is 0 Å². The smallest absolute Gasteiger partial charge is 0.298 e. The molecule has 0 radical (unpaired) electrons. The monoisotopic (exact) mass is 478 g/mol. The van der Waals surface area contributed by atoms with E-state index in [1.807, 2.05) is 0 Å². The molecule has 2 unspecified atom stereocenters. The van der Waals surface area contributed by atoms with Crippen LogP contribution in [0.25, 0.3) is 0 Å². The van der Waals surface area contributed by atoms with Gasteiger partial charge in [0.25, 0.3) is 18.6 Å². The van der Waals surface area contributed by atoms with Crippen molar-refractivity contribution in [2.75, 3.05) is 0 Å². The van der Waals surface area contributed by atoms with Gasteiger partial charge in [-0.1, -0.05) is 90.9 Å². The minimum atomic E-state index is -1.58. The molecule has 0 saturated carbocycles. The summed E-state index contributed by atoms with van der Waals surface area (Å²) in [7, 11) is -6.31. The van der Waals surface area contributed by atoms with E-state index in [1.54, 1.807) is 0 Å². The van der Waals surface area contributed by atoms with Crippen molar-refractivity contribution >= 4 is 35.2 Å². The average molecular weight is 479 g/mol. The predicted molar refractivity (Wildman–Crippen MR) is 141 cm³/mol. The molecule has 0 N–H and O–H groups in total. The standard InChI is InChI=1S/C22H54O3Si4/c1-9-11-13-15-17-19-21-28(5,6)24-26(3)23-27(4)25-29(7,8)22-20-18-16-14-12-10-2/h26-27H,9-22H2,1-8H3. The van der Waals surface area contributed by atoms with Crippen LogP contribution in [0.15, 0.2) is 0 Å². The van der Waals surface area contributed by atoms with Crippen molar-refractivity contribution in [3.8, 4) is 0 Å². The largest absolute Gasteiger partial charge is 0.439 e. The lowest BCUT2D eigenvalue weighted by Crippen LogP contribution is -2.44. The second-order valence-electron chi connectivity index (χ2n) is 10.1. The van der Waals surface area contributed by atoms with Crippen molar-refractivity contribution in [2.24, 2.45) is 0 Å². The van der Waals surface area contributed by atoms with Crippen molar-refractivity contribution in [3.63, 3.8) is 0 Å². The van der Waals surface area contributed by atoms with E-state index in [0.29, 0.717) is 0 Å². The molecule has 0 amide bonds. The summed E-state index contributed by atoms with van der Waals surface area (Å²) in [6, 6.07) is 2.55. The molecular formula is C22H54O3Si4. The van der Waals surface area contributed by atoms with Crippen molar-refractivity contribution < 1.29 is 12.3 Å². The molecule has 0 rings (SSSR count). The Kier molecular flexibility index (Phi) is 17.8. The molecule has 0 bridgehead atoms. The second kappa shape index (κ2) is 17.3. The van der Waals surface area contributed by atoms with Crippen LogP contribution in [0.2, 0.25) is 51.4 Å². The van der Waals surface area contributed by atoms with Gasteiger partial charge in [-0.2, -0.15) is 0 Å². The fraction of sp³-hybridized carbons (Fsp3) is 1.00. The third-order valence-corrected chi connectivity index (χ3v) is 19.6. The first-order valence-electron chi connectivity index (χ1n) is 12.6. The van der Waals surface area contributed by atoms with E-state index in [1.165, 1.54) is 89.1 Å². The van der Waals surface area contributed by atoms with E-state index in [0.717, 1.165) is 0 Å². The van der Waals surface area contributed by atoms with Gasteiger partial charge in [0, 0.05) is 0 Å². The zero-order chi connectivity index (χ0) is 22.2. The minimum absolute atomic E-state index is 1.27. The Labute approximate surface area is 189 Å². The SMILES string of the molecule is CCCCCCCC[Si](C)(C)O[SiH](C)O[SiH](C)O[Si](C)(C)CCCCCCCC. The van der Waals surface area contributed by atoms with Gasteiger partial charge in [0.05, 0.1) is 0 Å². The highest BCUT2D eigenvalue weighted by Crippen LogP contribution is 2.21. The maximum atomic E-state index is 6.51. The van der Waals surface area contributed by atoms with E-state index in [2.05, 4.69) is 53.1 Å². The van der Waals surface area contributed by atoms with Gasteiger partial charge in [-0.05, 0) is 51.4 Å². The Morgan fingerprint density at radius 2 is 0.828 bits per heavy atom. The van der Waals surface area contributed by atoms with Crippen molar-refractivity contribution in [1.29, 1.82) is 0 Å². The molecule has 0 aromatic heterocycles. The van der Waals surface area contributed by atoms with E-state index >= 15 is 0 Å². The van der Waals surface area contributed by atoms with Gasteiger partial charge in [-0.3, -0.25) is 0 Å². The summed E-state index contributed by atoms with van der Waals surface area (Å²) in [6.07, 6.45) is 16.4. The average Bonchev–Trinajstić information content (AvgIpc) is 2.59. The highest BCUT2D eigenvalue weighted by atomic mass is 28.5. The quantitative estimate of drug-likeness (QED) is 0.132. The normalized spacial score (nSPS) is 14.9. The molecule has 0 saturated heterocycles. The van der Waals surface area contributed by atoms with Gasteiger partial charge in [0.15, 0.2) is 16.6 Å². The number of hydrogen-bond acceptors (Lipinski definition) is 3. The first-order chi connectivity index (χ1) is 13.6. The molecule has 0 heterocycles. The van der Waals surface area contributed by atoms with Crippen LogP contribution in [0.1, 0.15) is 90.9 Å². The fourth-order valence-corrected chi connectivity index (χ4v) is 17.9. The summed E-state index contributed by atoms with van der Waals surface area (Å²) in [5, 5.41) is 0. The predicted octanol–water partition coefficient (Wildman–Crippen LogP) is 7.87. The van der Waals surface area contributed by atoms with Crippen LogP contribution < -0.4 is 0 Å². The van der Waals surface area contributed by atoms with Gasteiger partial charge >= 0.3 is 0 Å². The molecule has 0 aliphatic carbocycles. The van der Waals surface area contributed by atoms with Gasteiger partial charge in [0.1, 0.15) is 0 Å². The zero-order valence-electron chi connectivity index (χ0n) is 21.3. The first kappa shape index (κ1) is 29.7. The summed E-state index contributed by atoms with van der Waals surface area (Å²) < 4.78 is 19.4. The van der Waals surface area contributed by atoms with E-state index in [-0.39, 0.29) is 0 Å². The highest BCUT2D eigenvalue weighted by Gasteiger charge is 2.29. The summed E-state index contributed by atoms with van der Waals surface area (Å²) in [4.78, 5) is 0. The van der Waals surface area contributed by atoms with Gasteiger partial charge in [-0.25, -0.2) is 0 Å². The summed E-state index contributed by atoms with van der Waals surface area (Å²) >= 11 is 0. The maximum absolute atomic E-state index is 6.51. The van der Waals surface area contributed by atoms with Gasteiger partial charge in [-0.15, -0.1) is 0 Å². The van der Waals surface area contributed by atoms with Crippen LogP contribution in [0, 0.1) is 0 Å². The summed E-state index contributed by atoms with van der Waals surface area (Å²) in [5.41, 5.74) is 0. The molecule has 176 valence electrons. The second-order valence-corrected chi connectivity index (χ2v) is 23.3. The third kappa shape index (κ3) is 19.2. The molecule has 0 aromatic rings. The molecule has 0 aromatic carbocycles. The van der Waals surface area contributed by atoms with Crippen LogP contribution in [0.5, 0.6) is 0 Å². The summed E-state index contributed by atoms with van der Waals surface area (Å²) in [5.74, 6) is 0. The number of unbranched alkanes of at least 4 members (excludes halogenated alkanes) is 10. The van der Waals surface area contributed by atoms with Crippen LogP contribution in [-0.2, 0) is 12.3 Å². The lowest BCUT2D eigenvalue weighted by atomic mass is 10.1. The first-order valence-corrected chi connectivity index (χ1v) is 23.1. The molecule has 2 atom stereocenters. The minimum Gasteiger partial charge on any atom is -0.439 e. The topological polar surface area (TPSA) is 27.7 Å². The molecule has 7 heteroatoms. The Balaban J connectivity index is 4.03. The molecule has 29 heavy (non-hydrogen) atoms. The van der Waals surface area contributed by atoms with Crippen molar-refractivity contribution in [1.82, 2.24) is 0 Å². The fourth-order valence-electron chi connectivity index (χ4n) is 4.00. The third-order valence-electron chi connectivity index (χ3n) is 5.62. The van der Waals surface area contributed by atoms with Crippen molar-refractivity contribution in [2.45, 2.75) is 142 Å². The van der Waals surface area contributed by atoms with Crippen molar-refractivity contribution in [3.05, 3.63) is 0 Å².